The minimum atomic E-state index is -3.66. The van der Waals surface area contributed by atoms with Crippen molar-refractivity contribution >= 4 is 21.7 Å². The van der Waals surface area contributed by atoms with Crippen LogP contribution in [0, 0.1) is 13.8 Å². The molecule has 0 bridgehead atoms. The number of piperidine rings is 1. The zero-order valence-corrected chi connectivity index (χ0v) is 20.2. The van der Waals surface area contributed by atoms with Gasteiger partial charge < -0.3 is 14.4 Å². The predicted octanol–water partition coefficient (Wildman–Crippen LogP) is 3.67. The maximum Gasteiger partial charge on any atom is 0.340 e. The smallest absolute Gasteiger partial charge is 0.340 e. The molecule has 7 nitrogen and oxygen atoms in total. The molecule has 0 N–H and O–H groups in total. The van der Waals surface area contributed by atoms with Crippen molar-refractivity contribution in [3.63, 3.8) is 0 Å². The number of carbonyl (C=O) groups excluding carboxylic acids is 1. The zero-order valence-electron chi connectivity index (χ0n) is 19.4. The number of anilines is 1. The van der Waals surface area contributed by atoms with Crippen LogP contribution in [0.1, 0.15) is 46.3 Å². The summed E-state index contributed by atoms with van der Waals surface area (Å²) in [6.07, 6.45) is 2.75. The Morgan fingerprint density at radius 1 is 0.939 bits per heavy atom. The van der Waals surface area contributed by atoms with E-state index in [2.05, 4.69) is 6.07 Å². The van der Waals surface area contributed by atoms with E-state index in [9.17, 15) is 13.2 Å². The SMILES string of the molecule is Cc1cc(C)cc(COC(=O)c2cc(S(=O)(=O)N3CCCCC3)ccc2N2CCOCC2)c1. The van der Waals surface area contributed by atoms with Gasteiger partial charge in [-0.25, -0.2) is 13.2 Å². The molecule has 2 aromatic carbocycles. The average Bonchev–Trinajstić information content (AvgIpc) is 2.82. The highest BCUT2D eigenvalue weighted by molar-refractivity contribution is 7.89. The van der Waals surface area contributed by atoms with Gasteiger partial charge in [0.2, 0.25) is 10.0 Å². The van der Waals surface area contributed by atoms with Crippen LogP contribution in [-0.4, -0.2) is 58.1 Å². The fourth-order valence-electron chi connectivity index (χ4n) is 4.55. The van der Waals surface area contributed by atoms with E-state index < -0.39 is 16.0 Å². The maximum atomic E-state index is 13.2. The van der Waals surface area contributed by atoms with Gasteiger partial charge in [0.25, 0.3) is 0 Å². The summed E-state index contributed by atoms with van der Waals surface area (Å²) in [6.45, 7) is 7.56. The first-order chi connectivity index (χ1) is 15.8. The van der Waals surface area contributed by atoms with E-state index in [4.69, 9.17) is 9.47 Å². The second-order valence-electron chi connectivity index (χ2n) is 8.82. The number of benzene rings is 2. The van der Waals surface area contributed by atoms with Gasteiger partial charge in [0.1, 0.15) is 6.61 Å². The van der Waals surface area contributed by atoms with Gasteiger partial charge >= 0.3 is 5.97 Å². The molecule has 0 radical (unpaired) electrons. The van der Waals surface area contributed by atoms with Crippen LogP contribution in [0.5, 0.6) is 0 Å². The molecular formula is C25H32N2O5S. The highest BCUT2D eigenvalue weighted by Gasteiger charge is 2.29. The van der Waals surface area contributed by atoms with Crippen molar-refractivity contribution in [3.8, 4) is 0 Å². The first-order valence-electron chi connectivity index (χ1n) is 11.6. The Bertz CT molecular complexity index is 1080. The van der Waals surface area contributed by atoms with Crippen LogP contribution in [0.4, 0.5) is 5.69 Å². The third kappa shape index (κ3) is 5.57. The molecule has 178 valence electrons. The van der Waals surface area contributed by atoms with Crippen molar-refractivity contribution in [3.05, 3.63) is 58.7 Å². The number of sulfonamides is 1. The number of esters is 1. The van der Waals surface area contributed by atoms with Crippen LogP contribution < -0.4 is 4.90 Å². The molecule has 2 aromatic rings. The monoisotopic (exact) mass is 472 g/mol. The van der Waals surface area contributed by atoms with Crippen molar-refractivity contribution < 1.29 is 22.7 Å². The second kappa shape index (κ2) is 10.2. The molecule has 33 heavy (non-hydrogen) atoms. The number of morpholine rings is 1. The summed E-state index contributed by atoms with van der Waals surface area (Å²) >= 11 is 0. The molecule has 0 spiro atoms. The first kappa shape index (κ1) is 23.7. The number of hydrogen-bond acceptors (Lipinski definition) is 6. The summed E-state index contributed by atoms with van der Waals surface area (Å²) in [5, 5.41) is 0. The molecule has 2 aliphatic rings. The van der Waals surface area contributed by atoms with Crippen molar-refractivity contribution in [1.82, 2.24) is 4.31 Å². The summed E-state index contributed by atoms with van der Waals surface area (Å²) < 4.78 is 39.1. The molecule has 8 heteroatoms. The van der Waals surface area contributed by atoms with E-state index in [1.807, 2.05) is 30.9 Å². The van der Waals surface area contributed by atoms with Crippen molar-refractivity contribution in [2.75, 3.05) is 44.3 Å². The van der Waals surface area contributed by atoms with E-state index in [1.54, 1.807) is 12.1 Å². The Balaban J connectivity index is 1.63. The van der Waals surface area contributed by atoms with Crippen LogP contribution >= 0.6 is 0 Å². The molecule has 2 fully saturated rings. The Kier molecular flexibility index (Phi) is 7.36. The Morgan fingerprint density at radius 3 is 2.27 bits per heavy atom. The second-order valence-corrected chi connectivity index (χ2v) is 10.8. The van der Waals surface area contributed by atoms with Crippen molar-refractivity contribution in [2.45, 2.75) is 44.6 Å². The third-order valence-electron chi connectivity index (χ3n) is 6.14. The van der Waals surface area contributed by atoms with Gasteiger partial charge in [-0.1, -0.05) is 35.7 Å². The van der Waals surface area contributed by atoms with Crippen LogP contribution in [-0.2, 0) is 26.1 Å². The quantitative estimate of drug-likeness (QED) is 0.597. The van der Waals surface area contributed by atoms with Crippen LogP contribution in [0.2, 0.25) is 0 Å². The van der Waals surface area contributed by atoms with Gasteiger partial charge in [-0.05, 0) is 50.5 Å². The average molecular weight is 473 g/mol. The Morgan fingerprint density at radius 2 is 1.61 bits per heavy atom. The summed E-state index contributed by atoms with van der Waals surface area (Å²) in [6, 6.07) is 10.9. The molecule has 2 saturated heterocycles. The normalized spacial score (nSPS) is 17.7. The molecular weight excluding hydrogens is 440 g/mol. The number of aryl methyl sites for hydroxylation is 2. The summed E-state index contributed by atoms with van der Waals surface area (Å²) in [5.74, 6) is -0.522. The highest BCUT2D eigenvalue weighted by Crippen LogP contribution is 2.29. The van der Waals surface area contributed by atoms with Crippen molar-refractivity contribution in [1.29, 1.82) is 0 Å². The molecule has 0 aromatic heterocycles. The lowest BCUT2D eigenvalue weighted by Crippen LogP contribution is -2.38. The van der Waals surface area contributed by atoms with E-state index >= 15 is 0 Å². The Hall–Kier alpha value is -2.42. The summed E-state index contributed by atoms with van der Waals surface area (Å²) in [4.78, 5) is 15.4. The Labute approximate surface area is 196 Å². The van der Waals surface area contributed by atoms with Crippen LogP contribution in [0.3, 0.4) is 0 Å². The topological polar surface area (TPSA) is 76.2 Å². The summed E-state index contributed by atoms with van der Waals surface area (Å²) in [5.41, 5.74) is 4.07. The molecule has 2 aliphatic heterocycles. The van der Waals surface area contributed by atoms with Crippen LogP contribution in [0.15, 0.2) is 41.3 Å². The van der Waals surface area contributed by atoms with E-state index in [1.165, 1.54) is 10.4 Å². The number of ether oxygens (including phenoxy) is 2. The van der Waals surface area contributed by atoms with Gasteiger partial charge in [-0.2, -0.15) is 4.31 Å². The van der Waals surface area contributed by atoms with Gasteiger partial charge in [0, 0.05) is 26.2 Å². The first-order valence-corrected chi connectivity index (χ1v) is 13.0. The maximum absolute atomic E-state index is 13.2. The number of hydrogen-bond donors (Lipinski definition) is 0. The van der Waals surface area contributed by atoms with Crippen LogP contribution in [0.25, 0.3) is 0 Å². The van der Waals surface area contributed by atoms with Gasteiger partial charge in [-0.15, -0.1) is 0 Å². The lowest BCUT2D eigenvalue weighted by molar-refractivity contribution is 0.0472. The standard InChI is InChI=1S/C25H32N2O5S/c1-19-14-20(2)16-21(15-19)18-32-25(28)23-17-22(33(29,30)27-8-4-3-5-9-27)6-7-24(23)26-10-12-31-13-11-26/h6-7,14-17H,3-5,8-13,18H2,1-2H3. The van der Waals surface area contributed by atoms with E-state index in [0.29, 0.717) is 45.1 Å². The lowest BCUT2D eigenvalue weighted by atomic mass is 10.1. The minimum Gasteiger partial charge on any atom is -0.457 e. The number of carbonyl (C=O) groups is 1. The third-order valence-corrected chi connectivity index (χ3v) is 8.04. The van der Waals surface area contributed by atoms with Gasteiger partial charge in [-0.3, -0.25) is 0 Å². The van der Waals surface area contributed by atoms with Crippen molar-refractivity contribution in [2.24, 2.45) is 0 Å². The fourth-order valence-corrected chi connectivity index (χ4v) is 6.10. The molecule has 0 aliphatic carbocycles. The number of nitrogens with zero attached hydrogens (tertiary/aromatic N) is 2. The molecule has 0 unspecified atom stereocenters. The summed E-state index contributed by atoms with van der Waals surface area (Å²) in [7, 11) is -3.66. The van der Waals surface area contributed by atoms with Gasteiger partial charge in [0.05, 0.1) is 29.4 Å². The molecule has 0 saturated carbocycles. The largest absolute Gasteiger partial charge is 0.457 e. The highest BCUT2D eigenvalue weighted by atomic mass is 32.2. The molecule has 0 atom stereocenters. The lowest BCUT2D eigenvalue weighted by Gasteiger charge is -2.31. The van der Waals surface area contributed by atoms with E-state index in [0.717, 1.165) is 36.0 Å². The zero-order chi connectivity index (χ0) is 23.4. The molecule has 0 amide bonds. The number of rotatable bonds is 6. The molecule has 4 rings (SSSR count). The van der Waals surface area contributed by atoms with E-state index in [-0.39, 0.29) is 17.1 Å². The predicted molar refractivity (Wildman–Crippen MR) is 127 cm³/mol. The fraction of sp³-hybridized carbons (Fsp3) is 0.480. The minimum absolute atomic E-state index is 0.132. The molecule has 2 heterocycles. The van der Waals surface area contributed by atoms with Gasteiger partial charge in [0.15, 0.2) is 0 Å².